The molecule has 1 aromatic heterocycles. The average molecular weight is 235 g/mol. The fourth-order valence-electron chi connectivity index (χ4n) is 1.05. The molecule has 1 heterocycles. The molecule has 0 unspecified atom stereocenters. The lowest BCUT2D eigenvalue weighted by molar-refractivity contribution is 0.285. The third-order valence-electron chi connectivity index (χ3n) is 1.79. The van der Waals surface area contributed by atoms with Crippen LogP contribution >= 0.6 is 11.3 Å². The number of hydrogen-bond acceptors (Lipinski definition) is 4. The Morgan fingerprint density at radius 1 is 1.43 bits per heavy atom. The van der Waals surface area contributed by atoms with E-state index in [1.807, 2.05) is 0 Å². The van der Waals surface area contributed by atoms with Crippen molar-refractivity contribution in [1.29, 1.82) is 0 Å². The molecule has 0 aromatic carbocycles. The van der Waals surface area contributed by atoms with Gasteiger partial charge in [-0.05, 0) is 25.3 Å². The van der Waals surface area contributed by atoms with Gasteiger partial charge in [0.05, 0.1) is 4.90 Å². The lowest BCUT2D eigenvalue weighted by Crippen LogP contribution is -2.10. The van der Waals surface area contributed by atoms with Gasteiger partial charge < -0.3 is 5.11 Å². The molecular weight excluding hydrogens is 222 g/mol. The van der Waals surface area contributed by atoms with Gasteiger partial charge in [0.2, 0.25) is 10.0 Å². The van der Waals surface area contributed by atoms with Crippen LogP contribution in [0.15, 0.2) is 16.3 Å². The van der Waals surface area contributed by atoms with Gasteiger partial charge in [-0.15, -0.1) is 11.3 Å². The summed E-state index contributed by atoms with van der Waals surface area (Å²) in [5, 5.41) is 15.1. The van der Waals surface area contributed by atoms with E-state index in [1.165, 1.54) is 11.3 Å². The number of aliphatic hydroxyl groups excluding tert-OH is 1. The van der Waals surface area contributed by atoms with Gasteiger partial charge in [-0.3, -0.25) is 0 Å². The van der Waals surface area contributed by atoms with Crippen LogP contribution in [0.5, 0.6) is 0 Å². The molecule has 4 nitrogen and oxygen atoms in total. The highest BCUT2D eigenvalue weighted by Gasteiger charge is 2.09. The lowest BCUT2D eigenvalue weighted by Gasteiger charge is -1.94. The molecule has 1 aromatic rings. The molecule has 1 rings (SSSR count). The molecule has 3 N–H and O–H groups in total. The predicted molar refractivity (Wildman–Crippen MR) is 55.7 cm³/mol. The summed E-state index contributed by atoms with van der Waals surface area (Å²) in [5.74, 6) is 0. The van der Waals surface area contributed by atoms with E-state index in [1.54, 1.807) is 11.4 Å². The Morgan fingerprint density at radius 3 is 2.64 bits per heavy atom. The zero-order valence-corrected chi connectivity index (χ0v) is 9.27. The van der Waals surface area contributed by atoms with Gasteiger partial charge in [-0.2, -0.15) is 0 Å². The zero-order valence-electron chi connectivity index (χ0n) is 7.64. The predicted octanol–water partition coefficient (Wildman–Crippen LogP) is 0.711. The van der Waals surface area contributed by atoms with Crippen molar-refractivity contribution in [1.82, 2.24) is 0 Å². The Labute approximate surface area is 87.4 Å². The van der Waals surface area contributed by atoms with Crippen molar-refractivity contribution < 1.29 is 13.5 Å². The SMILES string of the molecule is NS(=O)(=O)c1csc(CCCCO)c1. The number of rotatable bonds is 5. The lowest BCUT2D eigenvalue weighted by atomic mass is 10.2. The number of aryl methyl sites for hydroxylation is 1. The van der Waals surface area contributed by atoms with E-state index in [0.717, 1.165) is 24.1 Å². The van der Waals surface area contributed by atoms with E-state index >= 15 is 0 Å². The second-order valence-corrected chi connectivity index (χ2v) is 5.53. The van der Waals surface area contributed by atoms with Crippen LogP contribution in [0.3, 0.4) is 0 Å². The summed E-state index contributed by atoms with van der Waals surface area (Å²) in [6, 6.07) is 1.59. The fourth-order valence-corrected chi connectivity index (χ4v) is 2.91. The average Bonchev–Trinajstić information content (AvgIpc) is 2.52. The number of thiophene rings is 1. The van der Waals surface area contributed by atoms with E-state index in [4.69, 9.17) is 10.2 Å². The summed E-state index contributed by atoms with van der Waals surface area (Å²) in [7, 11) is -3.55. The first kappa shape index (κ1) is 11.6. The maximum atomic E-state index is 10.9. The molecule has 14 heavy (non-hydrogen) atoms. The monoisotopic (exact) mass is 235 g/mol. The summed E-state index contributed by atoms with van der Waals surface area (Å²) < 4.78 is 21.8. The summed E-state index contributed by atoms with van der Waals surface area (Å²) in [6.07, 6.45) is 2.39. The topological polar surface area (TPSA) is 80.4 Å². The van der Waals surface area contributed by atoms with Crippen LogP contribution in [-0.4, -0.2) is 20.1 Å². The number of hydrogen-bond donors (Lipinski definition) is 2. The van der Waals surface area contributed by atoms with Crippen molar-refractivity contribution in [2.75, 3.05) is 6.61 Å². The number of nitrogens with two attached hydrogens (primary N) is 1. The molecule has 0 bridgehead atoms. The maximum Gasteiger partial charge on any atom is 0.238 e. The van der Waals surface area contributed by atoms with Gasteiger partial charge in [-0.1, -0.05) is 0 Å². The van der Waals surface area contributed by atoms with Crippen molar-refractivity contribution in [3.05, 3.63) is 16.3 Å². The van der Waals surface area contributed by atoms with Gasteiger partial charge in [0.1, 0.15) is 0 Å². The summed E-state index contributed by atoms with van der Waals surface area (Å²) in [6.45, 7) is 0.174. The molecule has 0 aliphatic carbocycles. The minimum absolute atomic E-state index is 0.174. The number of aliphatic hydroxyl groups is 1. The molecule has 0 aliphatic heterocycles. The van der Waals surface area contributed by atoms with Gasteiger partial charge in [-0.25, -0.2) is 13.6 Å². The van der Waals surface area contributed by atoms with Crippen molar-refractivity contribution in [2.45, 2.75) is 24.2 Å². The van der Waals surface area contributed by atoms with E-state index in [2.05, 4.69) is 0 Å². The third-order valence-corrected chi connectivity index (χ3v) is 3.83. The van der Waals surface area contributed by atoms with Gasteiger partial charge in [0.15, 0.2) is 0 Å². The van der Waals surface area contributed by atoms with Gasteiger partial charge in [0.25, 0.3) is 0 Å². The molecule has 0 spiro atoms. The van der Waals surface area contributed by atoms with Crippen molar-refractivity contribution in [3.63, 3.8) is 0 Å². The number of primary sulfonamides is 1. The highest BCUT2D eigenvalue weighted by molar-refractivity contribution is 7.89. The minimum atomic E-state index is -3.55. The molecule has 0 atom stereocenters. The Hall–Kier alpha value is -0.430. The van der Waals surface area contributed by atoms with Crippen LogP contribution < -0.4 is 5.14 Å². The van der Waals surface area contributed by atoms with Crippen LogP contribution in [0, 0.1) is 0 Å². The van der Waals surface area contributed by atoms with Crippen molar-refractivity contribution >= 4 is 21.4 Å². The van der Waals surface area contributed by atoms with E-state index < -0.39 is 10.0 Å². The molecule has 0 fully saturated rings. The molecule has 0 amide bonds. The highest BCUT2D eigenvalue weighted by Crippen LogP contribution is 2.19. The molecule has 6 heteroatoms. The molecule has 0 radical (unpaired) electrons. The van der Waals surface area contributed by atoms with Crippen LogP contribution in [0.25, 0.3) is 0 Å². The number of unbranched alkanes of at least 4 members (excludes halogenated alkanes) is 1. The van der Waals surface area contributed by atoms with E-state index in [0.29, 0.717) is 0 Å². The van der Waals surface area contributed by atoms with Crippen LogP contribution in [-0.2, 0) is 16.4 Å². The molecule has 0 saturated heterocycles. The van der Waals surface area contributed by atoms with Crippen molar-refractivity contribution in [2.24, 2.45) is 5.14 Å². The quantitative estimate of drug-likeness (QED) is 0.738. The molecule has 80 valence electrons. The second kappa shape index (κ2) is 4.88. The Kier molecular flexibility index (Phi) is 4.06. The standard InChI is InChI=1S/C8H13NO3S2/c9-14(11,12)8-5-7(13-6-8)3-1-2-4-10/h5-6,10H,1-4H2,(H2,9,11,12). The minimum Gasteiger partial charge on any atom is -0.396 e. The highest BCUT2D eigenvalue weighted by atomic mass is 32.2. The van der Waals surface area contributed by atoms with Crippen LogP contribution in [0.4, 0.5) is 0 Å². The Bertz CT molecular complexity index is 383. The largest absolute Gasteiger partial charge is 0.396 e. The Morgan fingerprint density at radius 2 is 2.14 bits per heavy atom. The second-order valence-electron chi connectivity index (χ2n) is 2.97. The van der Waals surface area contributed by atoms with Crippen LogP contribution in [0.2, 0.25) is 0 Å². The molecular formula is C8H13NO3S2. The Balaban J connectivity index is 2.60. The fraction of sp³-hybridized carbons (Fsp3) is 0.500. The molecule has 0 saturated carbocycles. The van der Waals surface area contributed by atoms with Crippen molar-refractivity contribution in [3.8, 4) is 0 Å². The normalized spacial score (nSPS) is 11.9. The smallest absolute Gasteiger partial charge is 0.238 e. The first-order valence-electron chi connectivity index (χ1n) is 4.25. The first-order valence-corrected chi connectivity index (χ1v) is 6.67. The summed E-state index contributed by atoms with van der Waals surface area (Å²) in [4.78, 5) is 1.17. The zero-order chi connectivity index (χ0) is 10.6. The summed E-state index contributed by atoms with van der Waals surface area (Å²) >= 11 is 1.39. The van der Waals surface area contributed by atoms with Gasteiger partial charge in [0, 0.05) is 16.9 Å². The maximum absolute atomic E-state index is 10.9. The van der Waals surface area contributed by atoms with Gasteiger partial charge >= 0.3 is 0 Å². The number of sulfonamides is 1. The van der Waals surface area contributed by atoms with E-state index in [9.17, 15) is 8.42 Å². The third kappa shape index (κ3) is 3.38. The first-order chi connectivity index (χ1) is 6.54. The van der Waals surface area contributed by atoms with E-state index in [-0.39, 0.29) is 11.5 Å². The summed E-state index contributed by atoms with van der Waals surface area (Å²) in [5.41, 5.74) is 0. The molecule has 0 aliphatic rings. The van der Waals surface area contributed by atoms with Crippen LogP contribution in [0.1, 0.15) is 17.7 Å².